The first kappa shape index (κ1) is 13.4. The lowest BCUT2D eigenvalue weighted by Crippen LogP contribution is -2.45. The van der Waals surface area contributed by atoms with Crippen LogP contribution in [0, 0.1) is 23.2 Å². The van der Waals surface area contributed by atoms with Crippen LogP contribution in [0.4, 0.5) is 0 Å². The Balaban J connectivity index is 1.77. The molecule has 0 saturated heterocycles. The summed E-state index contributed by atoms with van der Waals surface area (Å²) in [5.74, 6) is 3.31. The second-order valence-corrected chi connectivity index (χ2v) is 7.77. The first-order valence-electron chi connectivity index (χ1n) is 8.36. The molecule has 1 aromatic carbocycles. The van der Waals surface area contributed by atoms with Crippen LogP contribution >= 0.6 is 0 Å². The lowest BCUT2D eigenvalue weighted by Gasteiger charge is -2.51. The summed E-state index contributed by atoms with van der Waals surface area (Å²) in [6.45, 7) is 4.57. The fraction of sp³-hybridized carbons (Fsp3) is 0.632. The summed E-state index contributed by atoms with van der Waals surface area (Å²) >= 11 is 0. The third-order valence-electron chi connectivity index (χ3n) is 6.77. The predicted molar refractivity (Wildman–Crippen MR) is 82.3 cm³/mol. The van der Waals surface area contributed by atoms with Gasteiger partial charge < -0.3 is 5.11 Å². The van der Waals surface area contributed by atoms with Crippen molar-refractivity contribution in [2.24, 2.45) is 23.2 Å². The van der Waals surface area contributed by atoms with Crippen LogP contribution in [0.1, 0.15) is 56.6 Å². The van der Waals surface area contributed by atoms with Gasteiger partial charge in [0.25, 0.3) is 0 Å². The summed E-state index contributed by atoms with van der Waals surface area (Å²) in [6, 6.07) is 5.92. The molecule has 0 aliphatic heterocycles. The van der Waals surface area contributed by atoms with Crippen molar-refractivity contribution in [2.45, 2.75) is 51.9 Å². The molecule has 1 N–H and O–H groups in total. The number of benzene rings is 1. The van der Waals surface area contributed by atoms with Gasteiger partial charge in [0.15, 0.2) is 0 Å². The topological polar surface area (TPSA) is 37.3 Å². The van der Waals surface area contributed by atoms with E-state index in [2.05, 4.69) is 19.9 Å². The molecular weight excluding hydrogens is 260 g/mol. The van der Waals surface area contributed by atoms with E-state index in [4.69, 9.17) is 0 Å². The molecule has 0 aromatic heterocycles. The Hall–Kier alpha value is -1.31. The lowest BCUT2D eigenvalue weighted by atomic mass is 9.53. The molecule has 2 saturated carbocycles. The maximum Gasteiger partial charge on any atom is 0.139 e. The van der Waals surface area contributed by atoms with E-state index >= 15 is 0 Å². The van der Waals surface area contributed by atoms with Gasteiger partial charge in [-0.25, -0.2) is 0 Å². The molecule has 2 heteroatoms. The number of Topliss-reactive ketones (excluding diaryl/α,β-unsaturated/α-hetero) is 1. The van der Waals surface area contributed by atoms with Crippen molar-refractivity contribution in [1.82, 2.24) is 0 Å². The summed E-state index contributed by atoms with van der Waals surface area (Å²) in [5, 5.41) is 9.75. The molecule has 2 nitrogen and oxygen atoms in total. The summed E-state index contributed by atoms with van der Waals surface area (Å²) in [5.41, 5.74) is 2.72. The van der Waals surface area contributed by atoms with Gasteiger partial charge in [0.2, 0.25) is 0 Å². The second-order valence-electron chi connectivity index (χ2n) is 7.77. The first-order chi connectivity index (χ1) is 10.0. The van der Waals surface area contributed by atoms with Gasteiger partial charge in [0.1, 0.15) is 11.5 Å². The van der Waals surface area contributed by atoms with Crippen LogP contribution in [0.25, 0.3) is 0 Å². The Bertz CT molecular complexity index is 606. The fourth-order valence-electron chi connectivity index (χ4n) is 5.74. The molecule has 112 valence electrons. The Morgan fingerprint density at radius 3 is 2.90 bits per heavy atom. The van der Waals surface area contributed by atoms with E-state index in [1.807, 2.05) is 12.1 Å². The molecule has 0 unspecified atom stereocenters. The van der Waals surface area contributed by atoms with Crippen LogP contribution in [-0.4, -0.2) is 10.9 Å². The molecule has 0 spiro atoms. The van der Waals surface area contributed by atoms with Crippen molar-refractivity contribution in [2.75, 3.05) is 0 Å². The monoisotopic (exact) mass is 284 g/mol. The number of phenolic OH excluding ortho intramolecular Hbond substituents is 1. The number of hydrogen-bond acceptors (Lipinski definition) is 2. The smallest absolute Gasteiger partial charge is 0.139 e. The number of phenols is 1. The molecule has 0 radical (unpaired) electrons. The molecule has 0 amide bonds. The molecular formula is C19H24O2. The van der Waals surface area contributed by atoms with Gasteiger partial charge in [-0.2, -0.15) is 0 Å². The van der Waals surface area contributed by atoms with E-state index in [-0.39, 0.29) is 5.41 Å². The maximum atomic E-state index is 12.4. The largest absolute Gasteiger partial charge is 0.508 e. The molecule has 4 rings (SSSR count). The van der Waals surface area contributed by atoms with Crippen molar-refractivity contribution in [1.29, 1.82) is 0 Å². The molecule has 2 fully saturated rings. The molecule has 3 aliphatic carbocycles. The van der Waals surface area contributed by atoms with Gasteiger partial charge in [0.05, 0.1) is 0 Å². The van der Waals surface area contributed by atoms with E-state index in [9.17, 15) is 9.90 Å². The van der Waals surface area contributed by atoms with Crippen LogP contribution in [0.15, 0.2) is 18.2 Å². The predicted octanol–water partition coefficient (Wildman–Crippen LogP) is 4.06. The average molecular weight is 284 g/mol. The molecule has 1 aromatic rings. The normalized spacial score (nSPS) is 41.3. The second kappa shape index (κ2) is 4.34. The zero-order valence-corrected chi connectivity index (χ0v) is 12.9. The van der Waals surface area contributed by atoms with Crippen molar-refractivity contribution in [3.8, 4) is 5.75 Å². The van der Waals surface area contributed by atoms with Crippen LogP contribution in [0.5, 0.6) is 5.75 Å². The minimum Gasteiger partial charge on any atom is -0.508 e. The summed E-state index contributed by atoms with van der Waals surface area (Å²) in [7, 11) is 0. The molecule has 0 bridgehead atoms. The van der Waals surface area contributed by atoms with Gasteiger partial charge in [-0.3, -0.25) is 4.79 Å². The highest BCUT2D eigenvalue weighted by Crippen LogP contribution is 2.60. The number of carbonyl (C=O) groups is 1. The minimum absolute atomic E-state index is 0.0517. The van der Waals surface area contributed by atoms with E-state index in [0.717, 1.165) is 32.1 Å². The van der Waals surface area contributed by atoms with E-state index < -0.39 is 0 Å². The fourth-order valence-corrected chi connectivity index (χ4v) is 5.74. The Labute approximate surface area is 126 Å². The van der Waals surface area contributed by atoms with Gasteiger partial charge in [0, 0.05) is 11.8 Å². The molecule has 5 atom stereocenters. The zero-order chi connectivity index (χ0) is 14.8. The third-order valence-corrected chi connectivity index (χ3v) is 6.77. The van der Waals surface area contributed by atoms with Crippen LogP contribution in [-0.2, 0) is 11.2 Å². The van der Waals surface area contributed by atoms with Crippen molar-refractivity contribution in [3.05, 3.63) is 29.3 Å². The Morgan fingerprint density at radius 2 is 2.10 bits per heavy atom. The number of aromatic hydroxyl groups is 1. The van der Waals surface area contributed by atoms with E-state index in [1.165, 1.54) is 11.1 Å². The van der Waals surface area contributed by atoms with Gasteiger partial charge in [-0.15, -0.1) is 0 Å². The van der Waals surface area contributed by atoms with Gasteiger partial charge in [-0.05, 0) is 72.6 Å². The Kier molecular flexibility index (Phi) is 2.76. The van der Waals surface area contributed by atoms with Gasteiger partial charge >= 0.3 is 0 Å². The molecule has 0 heterocycles. The number of carbonyl (C=O) groups excluding carboxylic acids is 1. The van der Waals surface area contributed by atoms with Crippen LogP contribution in [0.2, 0.25) is 0 Å². The average Bonchev–Trinajstić information content (AvgIpc) is 2.74. The number of fused-ring (bicyclic) bond motifs is 5. The molecule has 21 heavy (non-hydrogen) atoms. The summed E-state index contributed by atoms with van der Waals surface area (Å²) < 4.78 is 0. The van der Waals surface area contributed by atoms with E-state index in [0.29, 0.717) is 35.2 Å². The summed E-state index contributed by atoms with van der Waals surface area (Å²) in [6.07, 6.45) is 5.11. The molecule has 3 aliphatic rings. The van der Waals surface area contributed by atoms with Crippen molar-refractivity contribution < 1.29 is 9.90 Å². The van der Waals surface area contributed by atoms with Crippen molar-refractivity contribution in [3.63, 3.8) is 0 Å². The SMILES string of the molecule is C[C@@H]1Cc2cc(O)ccc2[C@H]2CC[C@]3(C)C(=O)CC[C@H]3[C@H]12. The zero-order valence-electron chi connectivity index (χ0n) is 12.9. The standard InChI is InChI=1S/C19H24O2/c1-11-9-12-10-13(20)3-4-14(12)15-7-8-19(2)16(18(11)15)5-6-17(19)21/h3-4,10-11,15-16,18,20H,5-9H2,1-2H3/t11-,15-,16+,18-,19+/m1/s1. The summed E-state index contributed by atoms with van der Waals surface area (Å²) in [4.78, 5) is 12.4. The third kappa shape index (κ3) is 1.74. The minimum atomic E-state index is -0.0517. The quantitative estimate of drug-likeness (QED) is 0.780. The highest BCUT2D eigenvalue weighted by molar-refractivity contribution is 5.87. The van der Waals surface area contributed by atoms with Crippen molar-refractivity contribution >= 4 is 5.78 Å². The number of ketones is 1. The van der Waals surface area contributed by atoms with Gasteiger partial charge in [-0.1, -0.05) is 19.9 Å². The van der Waals surface area contributed by atoms with Crippen LogP contribution in [0.3, 0.4) is 0 Å². The lowest BCUT2D eigenvalue weighted by molar-refractivity contribution is -0.129. The van der Waals surface area contributed by atoms with Crippen LogP contribution < -0.4 is 0 Å². The Morgan fingerprint density at radius 1 is 1.29 bits per heavy atom. The van der Waals surface area contributed by atoms with E-state index in [1.54, 1.807) is 0 Å². The first-order valence-corrected chi connectivity index (χ1v) is 8.36. The highest BCUT2D eigenvalue weighted by Gasteiger charge is 2.56. The maximum absolute atomic E-state index is 12.4. The number of hydrogen-bond donors (Lipinski definition) is 1. The highest BCUT2D eigenvalue weighted by atomic mass is 16.3. The number of rotatable bonds is 0.